The molecule has 1 heterocycles. The number of likely N-dealkylation sites (tertiary alicyclic amines) is 1. The van der Waals surface area contributed by atoms with Gasteiger partial charge in [0.05, 0.1) is 23.9 Å². The smallest absolute Gasteiger partial charge is 0.222 e. The third kappa shape index (κ3) is 3.95. The molecule has 21 heavy (non-hydrogen) atoms. The molecule has 1 aromatic rings. The van der Waals surface area contributed by atoms with E-state index in [0.29, 0.717) is 18.7 Å². The predicted octanol–water partition coefficient (Wildman–Crippen LogP) is 0.452. The molecule has 0 unspecified atom stereocenters. The van der Waals surface area contributed by atoms with Crippen LogP contribution in [0.3, 0.4) is 0 Å². The van der Waals surface area contributed by atoms with Crippen LogP contribution in [0.4, 0.5) is 0 Å². The number of hydrogen-bond acceptors (Lipinski definition) is 5. The van der Waals surface area contributed by atoms with Crippen molar-refractivity contribution in [3.05, 3.63) is 24.3 Å². The molecule has 2 rings (SSSR count). The zero-order valence-corrected chi connectivity index (χ0v) is 12.7. The van der Waals surface area contributed by atoms with Crippen molar-refractivity contribution < 1.29 is 23.1 Å². The fourth-order valence-corrected chi connectivity index (χ4v) is 3.69. The van der Waals surface area contributed by atoms with E-state index in [1.54, 1.807) is 12.1 Å². The number of aliphatic hydroxyl groups excluding tert-OH is 1. The molecule has 1 N–H and O–H groups in total. The van der Waals surface area contributed by atoms with Crippen molar-refractivity contribution in [2.45, 2.75) is 23.8 Å². The monoisotopic (exact) mass is 313 g/mol. The average molecular weight is 313 g/mol. The highest BCUT2D eigenvalue weighted by atomic mass is 32.2. The second-order valence-corrected chi connectivity index (χ2v) is 7.09. The number of methoxy groups -OCH3 is 1. The summed E-state index contributed by atoms with van der Waals surface area (Å²) in [5, 5.41) is 9.93. The van der Waals surface area contributed by atoms with Gasteiger partial charge >= 0.3 is 0 Å². The van der Waals surface area contributed by atoms with E-state index in [9.17, 15) is 18.3 Å². The number of rotatable bonds is 6. The second-order valence-electron chi connectivity index (χ2n) is 5.05. The SMILES string of the molecule is COc1ccc(S(=O)(=O)C[C@H](O)CN2CCCC2=O)cc1. The molecule has 0 saturated carbocycles. The van der Waals surface area contributed by atoms with Crippen molar-refractivity contribution in [3.63, 3.8) is 0 Å². The number of carbonyl (C=O) groups is 1. The Morgan fingerprint density at radius 1 is 1.33 bits per heavy atom. The van der Waals surface area contributed by atoms with Crippen molar-refractivity contribution in [1.82, 2.24) is 4.90 Å². The standard InChI is InChI=1S/C14H19NO5S/c1-20-12-4-6-13(7-5-12)21(18,19)10-11(16)9-15-8-2-3-14(15)17/h4-7,11,16H,2-3,8-10H2,1H3/t11-/m1/s1. The van der Waals surface area contributed by atoms with Crippen LogP contribution < -0.4 is 4.74 Å². The van der Waals surface area contributed by atoms with Crippen LogP contribution in [0.1, 0.15) is 12.8 Å². The van der Waals surface area contributed by atoms with E-state index in [1.165, 1.54) is 24.1 Å². The van der Waals surface area contributed by atoms with Crippen LogP contribution in [-0.2, 0) is 14.6 Å². The Morgan fingerprint density at radius 2 is 2.00 bits per heavy atom. The van der Waals surface area contributed by atoms with Crippen molar-refractivity contribution in [3.8, 4) is 5.75 Å². The van der Waals surface area contributed by atoms with Gasteiger partial charge in [0.15, 0.2) is 9.84 Å². The lowest BCUT2D eigenvalue weighted by molar-refractivity contribution is -0.128. The van der Waals surface area contributed by atoms with Gasteiger partial charge in [0.25, 0.3) is 0 Å². The molecule has 0 aliphatic carbocycles. The normalized spacial score (nSPS) is 17.0. The Morgan fingerprint density at radius 3 is 2.52 bits per heavy atom. The third-order valence-electron chi connectivity index (χ3n) is 3.43. The Kier molecular flexibility index (Phi) is 4.84. The molecule has 7 heteroatoms. The van der Waals surface area contributed by atoms with Crippen LogP contribution in [0.15, 0.2) is 29.2 Å². The predicted molar refractivity (Wildman–Crippen MR) is 76.9 cm³/mol. The summed E-state index contributed by atoms with van der Waals surface area (Å²) in [5.41, 5.74) is 0. The molecule has 1 saturated heterocycles. The lowest BCUT2D eigenvalue weighted by Gasteiger charge is -2.19. The molecule has 1 fully saturated rings. The first-order valence-electron chi connectivity index (χ1n) is 6.75. The van der Waals surface area contributed by atoms with Gasteiger partial charge < -0.3 is 14.7 Å². The summed E-state index contributed by atoms with van der Waals surface area (Å²) in [6, 6.07) is 6.01. The first kappa shape index (κ1) is 15.8. The number of β-amino-alcohol motifs (C(OH)–C–C–N with tert-alkyl or cyclic N) is 1. The number of benzene rings is 1. The summed E-state index contributed by atoms with van der Waals surface area (Å²) < 4.78 is 29.4. The van der Waals surface area contributed by atoms with Crippen molar-refractivity contribution >= 4 is 15.7 Å². The first-order valence-corrected chi connectivity index (χ1v) is 8.40. The second kappa shape index (κ2) is 6.44. The van der Waals surface area contributed by atoms with E-state index in [2.05, 4.69) is 0 Å². The average Bonchev–Trinajstić information content (AvgIpc) is 2.83. The summed E-state index contributed by atoms with van der Waals surface area (Å²) in [4.78, 5) is 13.1. The molecule has 116 valence electrons. The number of sulfone groups is 1. The van der Waals surface area contributed by atoms with Crippen LogP contribution in [-0.4, -0.2) is 56.4 Å². The number of carbonyl (C=O) groups excluding carboxylic acids is 1. The minimum Gasteiger partial charge on any atom is -0.497 e. The summed E-state index contributed by atoms with van der Waals surface area (Å²) in [6.45, 7) is 0.646. The van der Waals surface area contributed by atoms with Gasteiger partial charge in [-0.3, -0.25) is 4.79 Å². The van der Waals surface area contributed by atoms with E-state index in [1.807, 2.05) is 0 Å². The maximum atomic E-state index is 12.2. The maximum absolute atomic E-state index is 12.2. The van der Waals surface area contributed by atoms with Gasteiger partial charge in [0.2, 0.25) is 5.91 Å². The summed E-state index contributed by atoms with van der Waals surface area (Å²) in [5.74, 6) is 0.136. The number of amides is 1. The van der Waals surface area contributed by atoms with Crippen molar-refractivity contribution in [2.24, 2.45) is 0 Å². The van der Waals surface area contributed by atoms with Gasteiger partial charge in [0, 0.05) is 19.5 Å². The van der Waals surface area contributed by atoms with Crippen LogP contribution >= 0.6 is 0 Å². The molecule has 0 aromatic heterocycles. The molecular weight excluding hydrogens is 294 g/mol. The molecule has 0 spiro atoms. The molecular formula is C14H19NO5S. The first-order chi connectivity index (χ1) is 9.92. The Hall–Kier alpha value is -1.60. The Bertz CT molecular complexity index is 596. The molecule has 0 bridgehead atoms. The highest BCUT2D eigenvalue weighted by Gasteiger charge is 2.26. The van der Waals surface area contributed by atoms with E-state index >= 15 is 0 Å². The summed E-state index contributed by atoms with van der Waals surface area (Å²) in [7, 11) is -2.09. The molecule has 0 radical (unpaired) electrons. The van der Waals surface area contributed by atoms with E-state index < -0.39 is 21.7 Å². The minimum absolute atomic E-state index is 0.0316. The number of ether oxygens (including phenoxy) is 1. The zero-order valence-electron chi connectivity index (χ0n) is 11.9. The van der Waals surface area contributed by atoms with Crippen LogP contribution in [0, 0.1) is 0 Å². The van der Waals surface area contributed by atoms with Crippen LogP contribution in [0.2, 0.25) is 0 Å². The van der Waals surface area contributed by atoms with Gasteiger partial charge in [-0.25, -0.2) is 8.42 Å². The quantitative estimate of drug-likeness (QED) is 0.824. The highest BCUT2D eigenvalue weighted by molar-refractivity contribution is 7.91. The molecule has 1 aromatic carbocycles. The van der Waals surface area contributed by atoms with Gasteiger partial charge in [-0.2, -0.15) is 0 Å². The fourth-order valence-electron chi connectivity index (χ4n) is 2.34. The Labute approximate surface area is 124 Å². The number of hydrogen-bond donors (Lipinski definition) is 1. The van der Waals surface area contributed by atoms with Gasteiger partial charge in [-0.15, -0.1) is 0 Å². The lowest BCUT2D eigenvalue weighted by atomic mass is 10.3. The maximum Gasteiger partial charge on any atom is 0.222 e. The third-order valence-corrected chi connectivity index (χ3v) is 5.25. The van der Waals surface area contributed by atoms with Gasteiger partial charge in [0.1, 0.15) is 5.75 Å². The van der Waals surface area contributed by atoms with Crippen LogP contribution in [0.5, 0.6) is 5.75 Å². The fraction of sp³-hybridized carbons (Fsp3) is 0.500. The van der Waals surface area contributed by atoms with Crippen molar-refractivity contribution in [2.75, 3.05) is 26.0 Å². The largest absolute Gasteiger partial charge is 0.497 e. The molecule has 1 aliphatic heterocycles. The number of nitrogens with zero attached hydrogens (tertiary/aromatic N) is 1. The lowest BCUT2D eigenvalue weighted by Crippen LogP contribution is -2.36. The molecule has 1 atom stereocenters. The Balaban J connectivity index is 2.00. The van der Waals surface area contributed by atoms with Crippen LogP contribution in [0.25, 0.3) is 0 Å². The summed E-state index contributed by atoms with van der Waals surface area (Å²) in [6.07, 6.45) is 0.147. The molecule has 6 nitrogen and oxygen atoms in total. The van der Waals surface area contributed by atoms with E-state index in [4.69, 9.17) is 4.74 Å². The topological polar surface area (TPSA) is 83.9 Å². The molecule has 1 amide bonds. The van der Waals surface area contributed by atoms with E-state index in [-0.39, 0.29) is 17.3 Å². The summed E-state index contributed by atoms with van der Waals surface area (Å²) >= 11 is 0. The van der Waals surface area contributed by atoms with E-state index in [0.717, 1.165) is 6.42 Å². The number of aliphatic hydroxyl groups is 1. The van der Waals surface area contributed by atoms with Gasteiger partial charge in [-0.05, 0) is 30.7 Å². The molecule has 1 aliphatic rings. The highest BCUT2D eigenvalue weighted by Crippen LogP contribution is 2.18. The van der Waals surface area contributed by atoms with Gasteiger partial charge in [-0.1, -0.05) is 0 Å². The van der Waals surface area contributed by atoms with Crippen molar-refractivity contribution in [1.29, 1.82) is 0 Å². The zero-order chi connectivity index (χ0) is 15.5. The minimum atomic E-state index is -3.59.